The van der Waals surface area contributed by atoms with Crippen molar-refractivity contribution in [2.75, 3.05) is 13.2 Å². The van der Waals surface area contributed by atoms with Crippen molar-refractivity contribution in [1.82, 2.24) is 20.3 Å². The second-order valence-corrected chi connectivity index (χ2v) is 3.68. The second kappa shape index (κ2) is 6.97. The van der Waals surface area contributed by atoms with E-state index in [0.29, 0.717) is 25.4 Å². The van der Waals surface area contributed by atoms with Crippen LogP contribution in [0.1, 0.15) is 19.5 Å². The van der Waals surface area contributed by atoms with Crippen LogP contribution in [0.2, 0.25) is 0 Å². The van der Waals surface area contributed by atoms with E-state index in [1.807, 2.05) is 13.8 Å². The van der Waals surface area contributed by atoms with Gasteiger partial charge in [-0.15, -0.1) is 5.10 Å². The molecule has 0 aromatic carbocycles. The van der Waals surface area contributed by atoms with Crippen molar-refractivity contribution in [3.8, 4) is 0 Å². The van der Waals surface area contributed by atoms with E-state index in [-0.39, 0.29) is 18.6 Å². The zero-order chi connectivity index (χ0) is 12.7. The van der Waals surface area contributed by atoms with E-state index in [0.717, 1.165) is 0 Å². The fourth-order valence-corrected chi connectivity index (χ4v) is 1.31. The summed E-state index contributed by atoms with van der Waals surface area (Å²) in [5.41, 5.74) is 6.06. The van der Waals surface area contributed by atoms with Crippen LogP contribution in [0.15, 0.2) is 6.20 Å². The Bertz CT molecular complexity index is 352. The number of aromatic nitrogens is 3. The molecule has 17 heavy (non-hydrogen) atoms. The molecule has 3 N–H and O–H groups in total. The lowest BCUT2D eigenvalue weighted by Crippen LogP contribution is -2.34. The van der Waals surface area contributed by atoms with Gasteiger partial charge in [-0.1, -0.05) is 5.21 Å². The van der Waals surface area contributed by atoms with Gasteiger partial charge >= 0.3 is 0 Å². The molecule has 0 bridgehead atoms. The summed E-state index contributed by atoms with van der Waals surface area (Å²) in [7, 11) is 0. The first-order chi connectivity index (χ1) is 8.15. The molecular formula is C10H19N5O2. The third-order valence-corrected chi connectivity index (χ3v) is 2.14. The van der Waals surface area contributed by atoms with Gasteiger partial charge in [-0.3, -0.25) is 4.79 Å². The number of amides is 1. The number of rotatable bonds is 7. The lowest BCUT2D eigenvalue weighted by molar-refractivity contribution is -0.122. The van der Waals surface area contributed by atoms with Crippen molar-refractivity contribution < 1.29 is 9.53 Å². The Morgan fingerprint density at radius 3 is 3.06 bits per heavy atom. The first-order valence-corrected chi connectivity index (χ1v) is 5.63. The Balaban J connectivity index is 2.29. The topological polar surface area (TPSA) is 95.1 Å². The average Bonchev–Trinajstić information content (AvgIpc) is 2.74. The molecule has 0 radical (unpaired) electrons. The normalized spacial score (nSPS) is 12.4. The summed E-state index contributed by atoms with van der Waals surface area (Å²) >= 11 is 0. The number of nitrogens with one attached hydrogen (secondary N) is 1. The quantitative estimate of drug-likeness (QED) is 0.656. The Morgan fingerprint density at radius 2 is 2.47 bits per heavy atom. The molecule has 0 saturated heterocycles. The van der Waals surface area contributed by atoms with E-state index in [4.69, 9.17) is 10.5 Å². The number of carbonyl (C=O) groups excluding carboxylic acids is 1. The van der Waals surface area contributed by atoms with E-state index in [1.54, 1.807) is 6.20 Å². The predicted octanol–water partition coefficient (Wildman–Crippen LogP) is -0.722. The van der Waals surface area contributed by atoms with Crippen LogP contribution in [0, 0.1) is 0 Å². The zero-order valence-electron chi connectivity index (χ0n) is 10.2. The molecule has 1 unspecified atom stereocenters. The minimum absolute atomic E-state index is 0.0132. The maximum atomic E-state index is 11.5. The van der Waals surface area contributed by atoms with E-state index in [1.165, 1.54) is 4.68 Å². The summed E-state index contributed by atoms with van der Waals surface area (Å²) < 4.78 is 6.76. The van der Waals surface area contributed by atoms with Crippen molar-refractivity contribution in [3.05, 3.63) is 11.9 Å². The van der Waals surface area contributed by atoms with Gasteiger partial charge in [-0.2, -0.15) is 0 Å². The first-order valence-electron chi connectivity index (χ1n) is 5.63. The zero-order valence-corrected chi connectivity index (χ0v) is 10.2. The molecule has 0 aliphatic rings. The van der Waals surface area contributed by atoms with Gasteiger partial charge in [0.25, 0.3) is 0 Å². The van der Waals surface area contributed by atoms with Gasteiger partial charge < -0.3 is 15.8 Å². The summed E-state index contributed by atoms with van der Waals surface area (Å²) in [6.07, 6.45) is 1.67. The van der Waals surface area contributed by atoms with E-state index in [9.17, 15) is 4.79 Å². The predicted molar refractivity (Wildman–Crippen MR) is 62.0 cm³/mol. The van der Waals surface area contributed by atoms with E-state index < -0.39 is 0 Å². The lowest BCUT2D eigenvalue weighted by atomic mass is 10.4. The minimum Gasteiger partial charge on any atom is -0.377 e. The highest BCUT2D eigenvalue weighted by Gasteiger charge is 2.07. The van der Waals surface area contributed by atoms with Crippen LogP contribution in [0.4, 0.5) is 0 Å². The highest BCUT2D eigenvalue weighted by molar-refractivity contribution is 5.75. The van der Waals surface area contributed by atoms with E-state index in [2.05, 4.69) is 15.6 Å². The van der Waals surface area contributed by atoms with Gasteiger partial charge in [-0.05, 0) is 13.8 Å². The Hall–Kier alpha value is -1.47. The molecule has 1 aromatic heterocycles. The van der Waals surface area contributed by atoms with Crippen LogP contribution < -0.4 is 11.1 Å². The van der Waals surface area contributed by atoms with Gasteiger partial charge in [0.05, 0.1) is 18.0 Å². The smallest absolute Gasteiger partial charge is 0.241 e. The molecule has 0 aliphatic carbocycles. The number of hydrogen-bond donors (Lipinski definition) is 2. The summed E-state index contributed by atoms with van der Waals surface area (Å²) in [4.78, 5) is 11.5. The molecular weight excluding hydrogens is 222 g/mol. The molecule has 1 atom stereocenters. The van der Waals surface area contributed by atoms with Crippen molar-refractivity contribution >= 4 is 5.91 Å². The third-order valence-electron chi connectivity index (χ3n) is 2.14. The van der Waals surface area contributed by atoms with Gasteiger partial charge in [0.2, 0.25) is 5.91 Å². The Morgan fingerprint density at radius 1 is 1.71 bits per heavy atom. The lowest BCUT2D eigenvalue weighted by Gasteiger charge is -2.12. The number of carbonyl (C=O) groups is 1. The first kappa shape index (κ1) is 13.6. The molecule has 7 heteroatoms. The second-order valence-electron chi connectivity index (χ2n) is 3.68. The largest absolute Gasteiger partial charge is 0.377 e. The van der Waals surface area contributed by atoms with Crippen LogP contribution in [-0.4, -0.2) is 40.2 Å². The number of nitrogens with zero attached hydrogens (tertiary/aromatic N) is 3. The molecule has 1 rings (SSSR count). The van der Waals surface area contributed by atoms with Gasteiger partial charge in [0.15, 0.2) is 0 Å². The maximum absolute atomic E-state index is 11.5. The fraction of sp³-hybridized carbons (Fsp3) is 0.700. The number of nitrogens with two attached hydrogens (primary N) is 1. The average molecular weight is 241 g/mol. The highest BCUT2D eigenvalue weighted by atomic mass is 16.5. The van der Waals surface area contributed by atoms with Crippen LogP contribution in [-0.2, 0) is 22.6 Å². The standard InChI is InChI=1S/C10H19N5O2/c1-3-17-8(2)5-12-10(16)7-15-6-9(4-11)13-14-15/h6,8H,3-5,7,11H2,1-2H3,(H,12,16). The molecule has 7 nitrogen and oxygen atoms in total. The van der Waals surface area contributed by atoms with Gasteiger partial charge in [0.1, 0.15) is 6.54 Å². The van der Waals surface area contributed by atoms with Crippen LogP contribution in [0.3, 0.4) is 0 Å². The van der Waals surface area contributed by atoms with Crippen molar-refractivity contribution in [2.24, 2.45) is 5.73 Å². The number of hydrogen-bond acceptors (Lipinski definition) is 5. The van der Waals surface area contributed by atoms with Gasteiger partial charge in [0, 0.05) is 19.7 Å². The van der Waals surface area contributed by atoms with Gasteiger partial charge in [-0.25, -0.2) is 4.68 Å². The Labute approximate surface area is 100 Å². The van der Waals surface area contributed by atoms with Crippen LogP contribution in [0.25, 0.3) is 0 Å². The summed E-state index contributed by atoms with van der Waals surface area (Å²) in [6, 6.07) is 0. The molecule has 0 aliphatic heterocycles. The third kappa shape index (κ3) is 4.92. The molecule has 1 aromatic rings. The molecule has 96 valence electrons. The molecule has 0 fully saturated rings. The summed E-state index contributed by atoms with van der Waals surface area (Å²) in [6.45, 7) is 5.42. The highest BCUT2D eigenvalue weighted by Crippen LogP contribution is 1.91. The molecule has 1 amide bonds. The fourth-order valence-electron chi connectivity index (χ4n) is 1.31. The number of ether oxygens (including phenoxy) is 1. The monoisotopic (exact) mass is 241 g/mol. The molecule has 1 heterocycles. The van der Waals surface area contributed by atoms with Crippen molar-refractivity contribution in [1.29, 1.82) is 0 Å². The molecule has 0 saturated carbocycles. The summed E-state index contributed by atoms with van der Waals surface area (Å²) in [5, 5.41) is 10.3. The SMILES string of the molecule is CCOC(C)CNC(=O)Cn1cc(CN)nn1. The summed E-state index contributed by atoms with van der Waals surface area (Å²) in [5.74, 6) is -0.120. The van der Waals surface area contributed by atoms with E-state index >= 15 is 0 Å². The van der Waals surface area contributed by atoms with Crippen LogP contribution in [0.5, 0.6) is 0 Å². The minimum atomic E-state index is -0.120. The Kier molecular flexibility index (Phi) is 5.58. The van der Waals surface area contributed by atoms with Crippen molar-refractivity contribution in [2.45, 2.75) is 33.0 Å². The van der Waals surface area contributed by atoms with Crippen molar-refractivity contribution in [3.63, 3.8) is 0 Å². The van der Waals surface area contributed by atoms with Crippen LogP contribution >= 0.6 is 0 Å². The molecule has 0 spiro atoms. The maximum Gasteiger partial charge on any atom is 0.241 e.